The molecule has 0 aliphatic heterocycles. The number of halogens is 1. The first-order valence-corrected chi connectivity index (χ1v) is 7.80. The Balaban J connectivity index is 3.60. The molecule has 0 aromatic heterocycles. The van der Waals surface area contributed by atoms with Crippen molar-refractivity contribution in [3.8, 4) is 0 Å². The number of hydrogen-bond donors (Lipinski definition) is 1. The first-order valence-electron chi connectivity index (χ1n) is 7.80. The SMILES string of the molecule is CC/C(C)=C(F)\C(=C/C(C)CC)c1ccc(N)cc1C(C)=O. The van der Waals surface area contributed by atoms with Crippen LogP contribution >= 0.6 is 0 Å². The smallest absolute Gasteiger partial charge is 0.160 e. The summed E-state index contributed by atoms with van der Waals surface area (Å²) in [6.07, 6.45) is 3.45. The van der Waals surface area contributed by atoms with Crippen LogP contribution in [0.5, 0.6) is 0 Å². The molecule has 0 fully saturated rings. The van der Waals surface area contributed by atoms with Gasteiger partial charge >= 0.3 is 0 Å². The van der Waals surface area contributed by atoms with Gasteiger partial charge in [-0.25, -0.2) is 4.39 Å². The maximum absolute atomic E-state index is 14.9. The molecule has 0 radical (unpaired) electrons. The van der Waals surface area contributed by atoms with Crippen molar-refractivity contribution in [1.82, 2.24) is 0 Å². The van der Waals surface area contributed by atoms with Crippen molar-refractivity contribution >= 4 is 17.0 Å². The summed E-state index contributed by atoms with van der Waals surface area (Å²) >= 11 is 0. The Labute approximate surface area is 132 Å². The number of benzene rings is 1. The van der Waals surface area contributed by atoms with E-state index in [1.165, 1.54) is 6.92 Å². The van der Waals surface area contributed by atoms with Crippen molar-refractivity contribution in [2.45, 2.75) is 47.5 Å². The van der Waals surface area contributed by atoms with Gasteiger partial charge in [0.15, 0.2) is 5.78 Å². The molecule has 1 atom stereocenters. The first kappa shape index (κ1) is 18.1. The molecule has 0 aliphatic carbocycles. The largest absolute Gasteiger partial charge is 0.399 e. The summed E-state index contributed by atoms with van der Waals surface area (Å²) in [5.74, 6) is -0.128. The molecule has 0 bridgehead atoms. The van der Waals surface area contributed by atoms with Crippen LogP contribution in [0.2, 0.25) is 0 Å². The van der Waals surface area contributed by atoms with Crippen molar-refractivity contribution < 1.29 is 9.18 Å². The van der Waals surface area contributed by atoms with Gasteiger partial charge < -0.3 is 5.73 Å². The van der Waals surface area contributed by atoms with E-state index >= 15 is 0 Å². The predicted octanol–water partition coefficient (Wildman–Crippen LogP) is 5.55. The second-order valence-corrected chi connectivity index (χ2v) is 5.77. The van der Waals surface area contributed by atoms with Gasteiger partial charge in [0.1, 0.15) is 5.83 Å². The minimum absolute atomic E-state index is 0.112. The Morgan fingerprint density at radius 3 is 2.41 bits per heavy atom. The lowest BCUT2D eigenvalue weighted by Gasteiger charge is -2.15. The monoisotopic (exact) mass is 303 g/mol. The van der Waals surface area contributed by atoms with Crippen LogP contribution in [0.3, 0.4) is 0 Å². The quantitative estimate of drug-likeness (QED) is 0.425. The summed E-state index contributed by atoms with van der Waals surface area (Å²) < 4.78 is 14.9. The molecule has 1 rings (SSSR count). The molecular weight excluding hydrogens is 277 g/mol. The van der Waals surface area contributed by atoms with Crippen LogP contribution in [0.1, 0.15) is 63.4 Å². The number of ketones is 1. The maximum Gasteiger partial charge on any atom is 0.160 e. The second-order valence-electron chi connectivity index (χ2n) is 5.77. The summed E-state index contributed by atoms with van der Waals surface area (Å²) in [4.78, 5) is 11.9. The number of rotatable bonds is 6. The lowest BCUT2D eigenvalue weighted by Crippen LogP contribution is -2.03. The lowest BCUT2D eigenvalue weighted by molar-refractivity contribution is 0.101. The zero-order valence-electron chi connectivity index (χ0n) is 14.2. The van der Waals surface area contributed by atoms with E-state index < -0.39 is 0 Å². The lowest BCUT2D eigenvalue weighted by atomic mass is 9.91. The van der Waals surface area contributed by atoms with E-state index in [1.807, 2.05) is 19.9 Å². The number of Topliss-reactive ketones (excluding diaryl/α,β-unsaturated/α-hetero) is 1. The average Bonchev–Trinajstić information content (AvgIpc) is 2.50. The second kappa shape index (κ2) is 7.92. The third kappa shape index (κ3) is 4.30. The van der Waals surface area contributed by atoms with E-state index in [1.54, 1.807) is 25.1 Å². The fourth-order valence-corrected chi connectivity index (χ4v) is 2.16. The summed E-state index contributed by atoms with van der Waals surface area (Å²) in [6, 6.07) is 5.07. The number of allylic oxidation sites excluding steroid dienone is 4. The van der Waals surface area contributed by atoms with Gasteiger partial charge in [-0.2, -0.15) is 0 Å². The Morgan fingerprint density at radius 1 is 1.27 bits per heavy atom. The van der Waals surface area contributed by atoms with Crippen molar-refractivity contribution in [2.24, 2.45) is 5.92 Å². The third-order valence-electron chi connectivity index (χ3n) is 3.95. The predicted molar refractivity (Wildman–Crippen MR) is 92.4 cm³/mol. The zero-order valence-corrected chi connectivity index (χ0v) is 14.2. The minimum Gasteiger partial charge on any atom is -0.399 e. The molecule has 2 nitrogen and oxygen atoms in total. The summed E-state index contributed by atoms with van der Waals surface area (Å²) in [7, 11) is 0. The molecule has 22 heavy (non-hydrogen) atoms. The highest BCUT2D eigenvalue weighted by molar-refractivity contribution is 6.01. The summed E-state index contributed by atoms with van der Waals surface area (Å²) in [5, 5.41) is 0. The van der Waals surface area contributed by atoms with E-state index in [0.717, 1.165) is 6.42 Å². The molecule has 0 amide bonds. The average molecular weight is 303 g/mol. The minimum atomic E-state index is -0.241. The first-order chi connectivity index (χ1) is 10.3. The molecule has 1 unspecified atom stereocenters. The molecule has 0 spiro atoms. The summed E-state index contributed by atoms with van der Waals surface area (Å²) in [6.45, 7) is 9.28. The van der Waals surface area contributed by atoms with E-state index in [-0.39, 0.29) is 17.5 Å². The number of carbonyl (C=O) groups excluding carboxylic acids is 1. The van der Waals surface area contributed by atoms with E-state index in [2.05, 4.69) is 6.92 Å². The molecular formula is C19H26FNO. The van der Waals surface area contributed by atoms with Crippen LogP contribution in [0, 0.1) is 5.92 Å². The molecule has 1 aromatic rings. The van der Waals surface area contributed by atoms with Gasteiger partial charge in [0.25, 0.3) is 0 Å². The van der Waals surface area contributed by atoms with Crippen molar-refractivity contribution in [2.75, 3.05) is 5.73 Å². The topological polar surface area (TPSA) is 43.1 Å². The van der Waals surface area contributed by atoms with E-state index in [0.29, 0.717) is 34.4 Å². The van der Waals surface area contributed by atoms with Gasteiger partial charge in [-0.15, -0.1) is 0 Å². The Kier molecular flexibility index (Phi) is 6.54. The Morgan fingerprint density at radius 2 is 1.91 bits per heavy atom. The van der Waals surface area contributed by atoms with Crippen LogP contribution in [0.25, 0.3) is 5.57 Å². The fraction of sp³-hybridized carbons (Fsp3) is 0.421. The molecule has 120 valence electrons. The van der Waals surface area contributed by atoms with Gasteiger partial charge in [0.2, 0.25) is 0 Å². The molecule has 0 heterocycles. The molecule has 3 heteroatoms. The Hall–Kier alpha value is -1.90. The Bertz CT molecular complexity index is 614. The normalized spacial score (nSPS) is 14.5. The number of hydrogen-bond acceptors (Lipinski definition) is 2. The van der Waals surface area contributed by atoms with Gasteiger partial charge in [-0.3, -0.25) is 4.79 Å². The van der Waals surface area contributed by atoms with Crippen molar-refractivity contribution in [3.63, 3.8) is 0 Å². The highest BCUT2D eigenvalue weighted by atomic mass is 19.1. The van der Waals surface area contributed by atoms with Gasteiger partial charge in [-0.05, 0) is 49.5 Å². The number of nitrogens with two attached hydrogens (primary N) is 1. The van der Waals surface area contributed by atoms with Crippen LogP contribution in [-0.2, 0) is 0 Å². The van der Waals surface area contributed by atoms with E-state index in [4.69, 9.17) is 5.73 Å². The van der Waals surface area contributed by atoms with Crippen LogP contribution in [-0.4, -0.2) is 5.78 Å². The zero-order chi connectivity index (χ0) is 16.9. The molecule has 0 saturated heterocycles. The standard InChI is InChI=1S/C19H26FNO/c1-6-12(3)10-18(19(20)13(4)7-2)16-9-8-15(21)11-17(16)14(5)22/h8-12H,6-7,21H2,1-5H3/b18-10-,19-13+. The van der Waals surface area contributed by atoms with Crippen LogP contribution < -0.4 is 5.73 Å². The molecule has 0 saturated carbocycles. The third-order valence-corrected chi connectivity index (χ3v) is 3.95. The van der Waals surface area contributed by atoms with E-state index in [9.17, 15) is 9.18 Å². The van der Waals surface area contributed by atoms with Gasteiger partial charge in [-0.1, -0.05) is 39.3 Å². The fourth-order valence-electron chi connectivity index (χ4n) is 2.16. The number of carbonyl (C=O) groups is 1. The maximum atomic E-state index is 14.9. The van der Waals surface area contributed by atoms with Gasteiger partial charge in [0.05, 0.1) is 0 Å². The highest BCUT2D eigenvalue weighted by Gasteiger charge is 2.17. The van der Waals surface area contributed by atoms with Crippen molar-refractivity contribution in [3.05, 3.63) is 46.8 Å². The number of anilines is 1. The van der Waals surface area contributed by atoms with Gasteiger partial charge in [0, 0.05) is 16.8 Å². The van der Waals surface area contributed by atoms with Crippen LogP contribution in [0.4, 0.5) is 10.1 Å². The molecule has 1 aromatic carbocycles. The molecule has 2 N–H and O–H groups in total. The number of nitrogen functional groups attached to an aromatic ring is 1. The molecule has 0 aliphatic rings. The highest BCUT2D eigenvalue weighted by Crippen LogP contribution is 2.33. The van der Waals surface area contributed by atoms with Crippen LogP contribution in [0.15, 0.2) is 35.7 Å². The summed E-state index contributed by atoms with van der Waals surface area (Å²) in [5.41, 5.74) is 8.55. The van der Waals surface area contributed by atoms with Crippen molar-refractivity contribution in [1.29, 1.82) is 0 Å².